The van der Waals surface area contributed by atoms with Gasteiger partial charge in [0.05, 0.1) is 12.0 Å². The monoisotopic (exact) mass is 383 g/mol. The molecule has 0 bridgehead atoms. The van der Waals surface area contributed by atoms with Gasteiger partial charge >= 0.3 is 0 Å². The van der Waals surface area contributed by atoms with E-state index in [9.17, 15) is 4.79 Å². The molecule has 2 aromatic carbocycles. The van der Waals surface area contributed by atoms with Gasteiger partial charge in [-0.05, 0) is 42.7 Å². The quantitative estimate of drug-likeness (QED) is 0.628. The van der Waals surface area contributed by atoms with Crippen molar-refractivity contribution >= 4 is 24.0 Å². The first-order valence-electron chi connectivity index (χ1n) is 8.80. The average Bonchev–Trinajstić information content (AvgIpc) is 3.11. The molecule has 1 saturated carbocycles. The molecule has 1 aliphatic rings. The van der Waals surface area contributed by atoms with Gasteiger partial charge in [0.1, 0.15) is 5.82 Å². The lowest BCUT2D eigenvalue weighted by Crippen LogP contribution is -2.45. The molecule has 140 valence electrons. The number of amides is 1. The van der Waals surface area contributed by atoms with Crippen molar-refractivity contribution in [2.45, 2.75) is 31.2 Å². The van der Waals surface area contributed by atoms with Crippen molar-refractivity contribution in [3.8, 4) is 11.4 Å². The van der Waals surface area contributed by atoms with Crippen LogP contribution in [-0.4, -0.2) is 21.1 Å². The Morgan fingerprint density at radius 1 is 1.11 bits per heavy atom. The number of nitrogens with one attached hydrogen (secondary N) is 2. The predicted octanol–water partition coefficient (Wildman–Crippen LogP) is 3.41. The van der Waals surface area contributed by atoms with E-state index in [1.807, 2.05) is 54.6 Å². The second-order valence-electron chi connectivity index (χ2n) is 6.64. The van der Waals surface area contributed by atoms with Gasteiger partial charge in [0.25, 0.3) is 0 Å². The number of H-pyrrole nitrogens is 1. The van der Waals surface area contributed by atoms with Crippen LogP contribution in [0.2, 0.25) is 0 Å². The molecule has 0 aliphatic heterocycles. The summed E-state index contributed by atoms with van der Waals surface area (Å²) < 4.78 is 0. The summed E-state index contributed by atoms with van der Waals surface area (Å²) in [4.78, 5) is 17.3. The summed E-state index contributed by atoms with van der Waals surface area (Å²) in [5.74, 6) is 1.31. The second-order valence-corrected chi connectivity index (χ2v) is 6.64. The highest BCUT2D eigenvalue weighted by Crippen LogP contribution is 2.44. The molecular weight excluding hydrogens is 362 g/mol. The number of aromatic amines is 1. The third-order valence-corrected chi connectivity index (χ3v) is 5.09. The summed E-state index contributed by atoms with van der Waals surface area (Å²) in [5, 5.41) is 10.0. The van der Waals surface area contributed by atoms with Gasteiger partial charge in [0, 0.05) is 11.3 Å². The first-order chi connectivity index (χ1) is 12.7. The Kier molecular flexibility index (Phi) is 5.58. The smallest absolute Gasteiger partial charge is 0.235 e. The topological polar surface area (TPSA) is 96.7 Å². The molecule has 0 unspecified atom stereocenters. The number of carbonyl (C=O) groups is 1. The number of nitrogens with zero attached hydrogens (tertiary/aromatic N) is 2. The molecule has 6 nitrogen and oxygen atoms in total. The minimum atomic E-state index is -0.403. The van der Waals surface area contributed by atoms with E-state index in [-0.39, 0.29) is 18.3 Å². The zero-order valence-electron chi connectivity index (χ0n) is 14.8. The Morgan fingerprint density at radius 2 is 1.81 bits per heavy atom. The number of benzene rings is 2. The van der Waals surface area contributed by atoms with Gasteiger partial charge in [-0.3, -0.25) is 9.89 Å². The normalized spacial score (nSPS) is 14.7. The van der Waals surface area contributed by atoms with Gasteiger partial charge in [0.15, 0.2) is 5.82 Å². The lowest BCUT2D eigenvalue weighted by atomic mass is 9.64. The largest absolute Gasteiger partial charge is 0.325 e. The van der Waals surface area contributed by atoms with Crippen molar-refractivity contribution < 1.29 is 4.79 Å². The fourth-order valence-electron chi connectivity index (χ4n) is 3.40. The van der Waals surface area contributed by atoms with E-state index >= 15 is 0 Å². The number of hydrogen-bond acceptors (Lipinski definition) is 4. The van der Waals surface area contributed by atoms with Gasteiger partial charge in [0.2, 0.25) is 5.91 Å². The van der Waals surface area contributed by atoms with Crippen LogP contribution in [0.1, 0.15) is 30.7 Å². The lowest BCUT2D eigenvalue weighted by molar-refractivity contribution is -0.124. The molecule has 0 saturated heterocycles. The Morgan fingerprint density at radius 3 is 2.37 bits per heavy atom. The summed E-state index contributed by atoms with van der Waals surface area (Å²) in [6.45, 7) is 0.322. The van der Waals surface area contributed by atoms with Gasteiger partial charge in [-0.25, -0.2) is 4.98 Å². The Labute approximate surface area is 164 Å². The number of aromatic nitrogens is 3. The first kappa shape index (κ1) is 19.1. The molecular formula is C20H22ClN5O. The molecule has 27 heavy (non-hydrogen) atoms. The fraction of sp³-hybridized carbons (Fsp3) is 0.250. The summed E-state index contributed by atoms with van der Waals surface area (Å²) in [6.07, 6.45) is 2.86. The number of anilines is 1. The molecule has 7 heteroatoms. The zero-order chi connectivity index (χ0) is 18.0. The predicted molar refractivity (Wildman–Crippen MR) is 108 cm³/mol. The molecule has 1 aromatic heterocycles. The molecule has 3 aromatic rings. The Hall–Kier alpha value is -2.70. The molecule has 0 atom stereocenters. The van der Waals surface area contributed by atoms with Crippen LogP contribution in [-0.2, 0) is 16.8 Å². The van der Waals surface area contributed by atoms with Crippen molar-refractivity contribution in [2.75, 3.05) is 5.32 Å². The minimum Gasteiger partial charge on any atom is -0.325 e. The maximum atomic E-state index is 13.0. The Balaban J connectivity index is 0.00000210. The number of rotatable bonds is 5. The Bertz CT molecular complexity index is 904. The third-order valence-electron chi connectivity index (χ3n) is 5.09. The zero-order valence-corrected chi connectivity index (χ0v) is 15.6. The summed E-state index contributed by atoms with van der Waals surface area (Å²) in [6, 6.07) is 17.6. The third kappa shape index (κ3) is 3.59. The molecule has 1 aliphatic carbocycles. The molecule has 0 spiro atoms. The highest BCUT2D eigenvalue weighted by atomic mass is 35.5. The van der Waals surface area contributed by atoms with E-state index in [0.717, 1.165) is 36.1 Å². The van der Waals surface area contributed by atoms with E-state index in [1.165, 1.54) is 0 Å². The van der Waals surface area contributed by atoms with Crippen LogP contribution in [0.5, 0.6) is 0 Å². The lowest BCUT2D eigenvalue weighted by Gasteiger charge is -2.40. The van der Waals surface area contributed by atoms with Crippen LogP contribution in [0.25, 0.3) is 11.4 Å². The van der Waals surface area contributed by atoms with Crippen LogP contribution in [0.4, 0.5) is 5.69 Å². The van der Waals surface area contributed by atoms with E-state index in [0.29, 0.717) is 18.2 Å². The van der Waals surface area contributed by atoms with Crippen molar-refractivity contribution in [1.82, 2.24) is 15.2 Å². The standard InChI is InChI=1S/C20H21N5O.ClH/c21-13-17-23-18(25-24-17)14-7-9-16(10-8-14)22-19(26)20(11-4-12-20)15-5-2-1-3-6-15;/h1-3,5-10H,4,11-13,21H2,(H,22,26)(H,23,24,25);1H. The van der Waals surface area contributed by atoms with Gasteiger partial charge in [-0.2, -0.15) is 5.10 Å². The highest BCUT2D eigenvalue weighted by molar-refractivity contribution is 6.00. The molecule has 1 amide bonds. The summed E-state index contributed by atoms with van der Waals surface area (Å²) >= 11 is 0. The van der Waals surface area contributed by atoms with Gasteiger partial charge < -0.3 is 11.1 Å². The van der Waals surface area contributed by atoms with E-state index < -0.39 is 5.41 Å². The van der Waals surface area contributed by atoms with Crippen LogP contribution in [0.15, 0.2) is 54.6 Å². The van der Waals surface area contributed by atoms with Gasteiger partial charge in [-0.15, -0.1) is 12.4 Å². The maximum absolute atomic E-state index is 13.0. The van der Waals surface area contributed by atoms with Crippen LogP contribution < -0.4 is 11.1 Å². The van der Waals surface area contributed by atoms with Crippen LogP contribution >= 0.6 is 12.4 Å². The number of halogens is 1. The number of nitrogens with two attached hydrogens (primary N) is 1. The van der Waals surface area contributed by atoms with Gasteiger partial charge in [-0.1, -0.05) is 36.8 Å². The summed E-state index contributed by atoms with van der Waals surface area (Å²) in [7, 11) is 0. The molecule has 1 fully saturated rings. The van der Waals surface area contributed by atoms with Crippen molar-refractivity contribution in [3.05, 3.63) is 66.0 Å². The van der Waals surface area contributed by atoms with Crippen molar-refractivity contribution in [2.24, 2.45) is 5.73 Å². The highest BCUT2D eigenvalue weighted by Gasteiger charge is 2.45. The second kappa shape index (κ2) is 7.90. The molecule has 1 heterocycles. The first-order valence-corrected chi connectivity index (χ1v) is 8.80. The maximum Gasteiger partial charge on any atom is 0.235 e. The minimum absolute atomic E-state index is 0. The molecule has 4 N–H and O–H groups in total. The van der Waals surface area contributed by atoms with E-state index in [1.54, 1.807) is 0 Å². The van der Waals surface area contributed by atoms with Crippen LogP contribution in [0.3, 0.4) is 0 Å². The van der Waals surface area contributed by atoms with E-state index in [4.69, 9.17) is 5.73 Å². The molecule has 4 rings (SSSR count). The summed E-state index contributed by atoms with van der Waals surface area (Å²) in [5.41, 5.74) is 7.89. The fourth-order valence-corrected chi connectivity index (χ4v) is 3.40. The van der Waals surface area contributed by atoms with Crippen LogP contribution in [0, 0.1) is 0 Å². The van der Waals surface area contributed by atoms with Crippen molar-refractivity contribution in [1.29, 1.82) is 0 Å². The number of carbonyl (C=O) groups excluding carboxylic acids is 1. The van der Waals surface area contributed by atoms with Crippen molar-refractivity contribution in [3.63, 3.8) is 0 Å². The average molecular weight is 384 g/mol. The SMILES string of the molecule is Cl.NCc1nc(-c2ccc(NC(=O)C3(c4ccccc4)CCC3)cc2)n[nH]1. The number of hydrogen-bond donors (Lipinski definition) is 3. The van der Waals surface area contributed by atoms with E-state index in [2.05, 4.69) is 20.5 Å². The molecule has 0 radical (unpaired) electrons.